The van der Waals surface area contributed by atoms with Crippen molar-refractivity contribution >= 4 is 0 Å². The molecule has 0 fully saturated rings. The summed E-state index contributed by atoms with van der Waals surface area (Å²) in [7, 11) is 0. The third-order valence-electron chi connectivity index (χ3n) is 3.53. The minimum atomic E-state index is 0.217. The van der Waals surface area contributed by atoms with E-state index in [0.29, 0.717) is 0 Å². The van der Waals surface area contributed by atoms with Gasteiger partial charge in [-0.2, -0.15) is 0 Å². The molecule has 0 aliphatic rings. The molecule has 0 aromatic heterocycles. The van der Waals surface area contributed by atoms with E-state index in [2.05, 4.69) is 77.1 Å². The molecule has 0 spiro atoms. The molecular weight excluding hydrogens is 216 g/mol. The molecule has 0 amide bonds. The Morgan fingerprint density at radius 1 is 0.722 bits per heavy atom. The van der Waals surface area contributed by atoms with Crippen molar-refractivity contribution in [3.05, 3.63) is 59.2 Å². The molecule has 0 atom stereocenters. The van der Waals surface area contributed by atoms with Gasteiger partial charge in [0.05, 0.1) is 0 Å². The third kappa shape index (κ3) is 2.48. The van der Waals surface area contributed by atoms with Gasteiger partial charge in [-0.3, -0.25) is 0 Å². The predicted molar refractivity (Wildman–Crippen MR) is 80.1 cm³/mol. The van der Waals surface area contributed by atoms with Gasteiger partial charge in [-0.05, 0) is 47.1 Å². The van der Waals surface area contributed by atoms with Gasteiger partial charge in [0, 0.05) is 0 Å². The van der Waals surface area contributed by atoms with Crippen LogP contribution in [0.3, 0.4) is 0 Å². The van der Waals surface area contributed by atoms with Gasteiger partial charge in [-0.1, -0.05) is 63.2 Å². The zero-order chi connectivity index (χ0) is 13.3. The van der Waals surface area contributed by atoms with Gasteiger partial charge in [0.25, 0.3) is 0 Å². The molecule has 0 radical (unpaired) electrons. The molecule has 0 N–H and O–H groups in total. The van der Waals surface area contributed by atoms with E-state index in [1.54, 1.807) is 0 Å². The number of rotatable bonds is 1. The Morgan fingerprint density at radius 3 is 1.89 bits per heavy atom. The Hall–Kier alpha value is -1.56. The summed E-state index contributed by atoms with van der Waals surface area (Å²) >= 11 is 0. The van der Waals surface area contributed by atoms with Gasteiger partial charge in [-0.15, -0.1) is 0 Å². The van der Waals surface area contributed by atoms with E-state index in [4.69, 9.17) is 0 Å². The highest BCUT2D eigenvalue weighted by atomic mass is 14.2. The molecule has 0 saturated heterocycles. The van der Waals surface area contributed by atoms with E-state index in [9.17, 15) is 0 Å². The molecule has 2 aromatic carbocycles. The smallest absolute Gasteiger partial charge is 0.0132 e. The van der Waals surface area contributed by atoms with E-state index in [1.807, 2.05) is 0 Å². The van der Waals surface area contributed by atoms with Crippen LogP contribution in [-0.2, 0) is 5.41 Å². The molecule has 94 valence electrons. The Balaban J connectivity index is 2.52. The molecule has 0 heterocycles. The van der Waals surface area contributed by atoms with Crippen LogP contribution in [-0.4, -0.2) is 0 Å². The highest BCUT2D eigenvalue weighted by Crippen LogP contribution is 2.30. The summed E-state index contributed by atoms with van der Waals surface area (Å²) < 4.78 is 0. The van der Waals surface area contributed by atoms with Crippen LogP contribution >= 0.6 is 0 Å². The van der Waals surface area contributed by atoms with Gasteiger partial charge in [0.15, 0.2) is 0 Å². The van der Waals surface area contributed by atoms with Crippen molar-refractivity contribution in [1.82, 2.24) is 0 Å². The fraction of sp³-hybridized carbons (Fsp3) is 0.333. The van der Waals surface area contributed by atoms with Crippen LogP contribution in [0.15, 0.2) is 42.5 Å². The van der Waals surface area contributed by atoms with Crippen LogP contribution in [0, 0.1) is 13.8 Å². The first kappa shape index (κ1) is 12.9. The topological polar surface area (TPSA) is 0 Å². The maximum Gasteiger partial charge on any atom is -0.0132 e. The molecule has 0 unspecified atom stereocenters. The third-order valence-corrected chi connectivity index (χ3v) is 3.53. The first-order valence-corrected chi connectivity index (χ1v) is 6.57. The second-order valence-electron chi connectivity index (χ2n) is 6.09. The van der Waals surface area contributed by atoms with Crippen molar-refractivity contribution in [2.45, 2.75) is 40.0 Å². The monoisotopic (exact) mass is 238 g/mol. The molecule has 0 aliphatic carbocycles. The lowest BCUT2D eigenvalue weighted by atomic mass is 9.84. The molecule has 0 nitrogen and oxygen atoms in total. The lowest BCUT2D eigenvalue weighted by molar-refractivity contribution is 0.590. The van der Waals surface area contributed by atoms with Crippen LogP contribution in [0.5, 0.6) is 0 Å². The second kappa shape index (κ2) is 4.61. The predicted octanol–water partition coefficient (Wildman–Crippen LogP) is 5.27. The van der Waals surface area contributed by atoms with Gasteiger partial charge in [-0.25, -0.2) is 0 Å². The maximum atomic E-state index is 2.32. The summed E-state index contributed by atoms with van der Waals surface area (Å²) in [6.07, 6.45) is 0. The van der Waals surface area contributed by atoms with Crippen molar-refractivity contribution < 1.29 is 0 Å². The Labute approximate surface area is 111 Å². The number of hydrogen-bond acceptors (Lipinski definition) is 0. The minimum Gasteiger partial charge on any atom is -0.0620 e. The quantitative estimate of drug-likeness (QED) is 0.635. The summed E-state index contributed by atoms with van der Waals surface area (Å²) in [5.41, 5.74) is 7.00. The highest BCUT2D eigenvalue weighted by Gasteiger charge is 2.15. The van der Waals surface area contributed by atoms with Crippen LogP contribution in [0.1, 0.15) is 37.5 Å². The van der Waals surface area contributed by atoms with Crippen LogP contribution in [0.2, 0.25) is 0 Å². The number of hydrogen-bond donors (Lipinski definition) is 0. The molecular formula is C18H22. The summed E-state index contributed by atoms with van der Waals surface area (Å²) in [4.78, 5) is 0. The molecule has 0 aliphatic heterocycles. The lowest BCUT2D eigenvalue weighted by Gasteiger charge is -2.21. The van der Waals surface area contributed by atoms with Gasteiger partial charge < -0.3 is 0 Å². The highest BCUT2D eigenvalue weighted by molar-refractivity contribution is 5.70. The first-order valence-electron chi connectivity index (χ1n) is 6.57. The molecule has 18 heavy (non-hydrogen) atoms. The molecule has 0 bridgehead atoms. The zero-order valence-electron chi connectivity index (χ0n) is 12.0. The normalized spacial score (nSPS) is 11.6. The van der Waals surface area contributed by atoms with Crippen molar-refractivity contribution in [2.24, 2.45) is 0 Å². The molecule has 2 aromatic rings. The second-order valence-corrected chi connectivity index (χ2v) is 6.09. The average molecular weight is 238 g/mol. The number of benzene rings is 2. The van der Waals surface area contributed by atoms with E-state index in [1.165, 1.54) is 27.8 Å². The Kier molecular flexibility index (Phi) is 3.30. The van der Waals surface area contributed by atoms with Gasteiger partial charge >= 0.3 is 0 Å². The molecule has 0 saturated carbocycles. The minimum absolute atomic E-state index is 0.217. The van der Waals surface area contributed by atoms with Crippen molar-refractivity contribution in [2.75, 3.05) is 0 Å². The first-order chi connectivity index (χ1) is 8.39. The number of aryl methyl sites for hydroxylation is 2. The Bertz CT molecular complexity index is 556. The maximum absolute atomic E-state index is 2.32. The van der Waals surface area contributed by atoms with Crippen molar-refractivity contribution in [3.8, 4) is 11.1 Å². The summed E-state index contributed by atoms with van der Waals surface area (Å²) in [6.45, 7) is 11.2. The van der Waals surface area contributed by atoms with E-state index < -0.39 is 0 Å². The zero-order valence-corrected chi connectivity index (χ0v) is 12.0. The summed E-state index contributed by atoms with van der Waals surface area (Å²) in [6, 6.07) is 15.4. The summed E-state index contributed by atoms with van der Waals surface area (Å²) in [5.74, 6) is 0. The van der Waals surface area contributed by atoms with Crippen LogP contribution in [0.25, 0.3) is 11.1 Å². The fourth-order valence-electron chi connectivity index (χ4n) is 2.31. The summed E-state index contributed by atoms with van der Waals surface area (Å²) in [5, 5.41) is 0. The van der Waals surface area contributed by atoms with Gasteiger partial charge in [0.1, 0.15) is 0 Å². The lowest BCUT2D eigenvalue weighted by Crippen LogP contribution is -2.11. The van der Waals surface area contributed by atoms with Gasteiger partial charge in [0.2, 0.25) is 0 Å². The van der Waals surface area contributed by atoms with Crippen molar-refractivity contribution in [3.63, 3.8) is 0 Å². The SMILES string of the molecule is Cc1ccccc1-c1ccc(C(C)(C)C)cc1C. The average Bonchev–Trinajstić information content (AvgIpc) is 2.29. The largest absolute Gasteiger partial charge is 0.0620 e. The van der Waals surface area contributed by atoms with Crippen LogP contribution < -0.4 is 0 Å². The standard InChI is InChI=1S/C18H22/c1-13-8-6-7-9-16(13)17-11-10-15(12-14(17)2)18(3,4)5/h6-12H,1-5H3. The molecule has 2 rings (SSSR count). The molecule has 0 heteroatoms. The van der Waals surface area contributed by atoms with Crippen molar-refractivity contribution in [1.29, 1.82) is 0 Å². The van der Waals surface area contributed by atoms with E-state index >= 15 is 0 Å². The fourth-order valence-corrected chi connectivity index (χ4v) is 2.31. The van der Waals surface area contributed by atoms with E-state index in [0.717, 1.165) is 0 Å². The Morgan fingerprint density at radius 2 is 1.33 bits per heavy atom. The van der Waals surface area contributed by atoms with E-state index in [-0.39, 0.29) is 5.41 Å². The van der Waals surface area contributed by atoms with Crippen LogP contribution in [0.4, 0.5) is 0 Å².